The number of amides is 1. The number of nitrogens with one attached hydrogen (secondary N) is 2. The minimum absolute atomic E-state index is 0.0286. The molecule has 1 aliphatic rings. The maximum absolute atomic E-state index is 12.1. The Bertz CT molecular complexity index is 837. The number of aliphatic carboxylic acids is 1. The van der Waals surface area contributed by atoms with Crippen LogP contribution in [0.15, 0.2) is 30.3 Å². The Kier molecular flexibility index (Phi) is 7.55. The van der Waals surface area contributed by atoms with Gasteiger partial charge in [0.1, 0.15) is 0 Å². The Morgan fingerprint density at radius 1 is 1.21 bits per heavy atom. The molecule has 1 amide bonds. The van der Waals surface area contributed by atoms with Crippen LogP contribution in [-0.4, -0.2) is 29.7 Å². The zero-order valence-corrected chi connectivity index (χ0v) is 15.6. The molecular formula is C18H20F3N3O3S. The molecule has 5 N–H and O–H groups in total. The first kappa shape index (κ1) is 21.9. The van der Waals surface area contributed by atoms with E-state index in [1.165, 1.54) is 22.5 Å². The van der Waals surface area contributed by atoms with Crippen molar-refractivity contribution in [2.45, 2.75) is 32.2 Å². The summed E-state index contributed by atoms with van der Waals surface area (Å²) in [5, 5.41) is 13.5. The summed E-state index contributed by atoms with van der Waals surface area (Å²) in [6.45, 7) is 3.02. The highest BCUT2D eigenvalue weighted by molar-refractivity contribution is 7.14. The van der Waals surface area contributed by atoms with Gasteiger partial charge >= 0.3 is 12.1 Å². The number of benzene rings is 1. The van der Waals surface area contributed by atoms with Crippen molar-refractivity contribution in [3.8, 4) is 0 Å². The lowest BCUT2D eigenvalue weighted by Gasteiger charge is -2.18. The highest BCUT2D eigenvalue weighted by Crippen LogP contribution is 2.18. The second kappa shape index (κ2) is 9.67. The van der Waals surface area contributed by atoms with E-state index in [0.29, 0.717) is 13.1 Å². The van der Waals surface area contributed by atoms with Gasteiger partial charge in [0.05, 0.1) is 4.88 Å². The van der Waals surface area contributed by atoms with E-state index in [2.05, 4.69) is 28.8 Å². The van der Waals surface area contributed by atoms with Crippen molar-refractivity contribution in [2.75, 3.05) is 6.54 Å². The summed E-state index contributed by atoms with van der Waals surface area (Å²) in [7, 11) is 0. The Morgan fingerprint density at radius 2 is 1.93 bits per heavy atom. The van der Waals surface area contributed by atoms with Crippen molar-refractivity contribution in [3.63, 3.8) is 0 Å². The van der Waals surface area contributed by atoms with Crippen LogP contribution in [0.1, 0.15) is 31.2 Å². The molecule has 6 nitrogen and oxygen atoms in total. The van der Waals surface area contributed by atoms with Crippen molar-refractivity contribution in [2.24, 2.45) is 5.73 Å². The van der Waals surface area contributed by atoms with Gasteiger partial charge in [0, 0.05) is 24.5 Å². The number of carboxylic acid groups (broad SMARTS) is 1. The van der Waals surface area contributed by atoms with Gasteiger partial charge in [-0.2, -0.15) is 13.2 Å². The molecule has 2 heterocycles. The molecule has 0 bridgehead atoms. The van der Waals surface area contributed by atoms with Crippen molar-refractivity contribution >= 4 is 23.2 Å². The van der Waals surface area contributed by atoms with Gasteiger partial charge in [-0.05, 0) is 41.8 Å². The molecule has 1 aromatic heterocycles. The van der Waals surface area contributed by atoms with Gasteiger partial charge in [0.2, 0.25) is 0 Å². The average molecular weight is 415 g/mol. The normalized spacial score (nSPS) is 13.1. The van der Waals surface area contributed by atoms with Crippen LogP contribution in [0.5, 0.6) is 0 Å². The van der Waals surface area contributed by atoms with Crippen LogP contribution in [0.25, 0.3) is 0 Å². The quantitative estimate of drug-likeness (QED) is 0.614. The third-order valence-electron chi connectivity index (χ3n) is 3.94. The molecule has 3 rings (SSSR count). The number of halogens is 3. The molecule has 10 heteroatoms. The van der Waals surface area contributed by atoms with Gasteiger partial charge in [-0.1, -0.05) is 18.2 Å². The molecular weight excluding hydrogens is 395 g/mol. The Hall–Kier alpha value is -2.43. The van der Waals surface area contributed by atoms with E-state index in [1.807, 2.05) is 12.1 Å². The second-order valence-electron chi connectivity index (χ2n) is 5.99. The van der Waals surface area contributed by atoms with E-state index in [9.17, 15) is 18.0 Å². The molecule has 0 radical (unpaired) electrons. The van der Waals surface area contributed by atoms with Crippen molar-refractivity contribution in [1.82, 2.24) is 10.6 Å². The Labute approximate surface area is 163 Å². The smallest absolute Gasteiger partial charge is 0.475 e. The fourth-order valence-electron chi connectivity index (χ4n) is 2.52. The minimum Gasteiger partial charge on any atom is -0.475 e. The number of alkyl halides is 3. The lowest BCUT2D eigenvalue weighted by atomic mass is 9.98. The van der Waals surface area contributed by atoms with Gasteiger partial charge < -0.3 is 21.5 Å². The molecule has 0 unspecified atom stereocenters. The zero-order chi connectivity index (χ0) is 20.7. The SMILES string of the molecule is NCc1ccc(C(=O)NCc2ccc3c(c2)CCNC3)s1.O=C(O)C(F)(F)F. The predicted octanol–water partition coefficient (Wildman–Crippen LogP) is 2.42. The number of thiophene rings is 1. The standard InChI is InChI=1S/C16H19N3OS.C2HF3O2/c17-8-14-3-4-15(21-14)16(20)19-9-11-1-2-13-10-18-6-5-12(13)7-11;3-2(4,5)1(6)7/h1-4,7,18H,5-6,8-10,17H2,(H,19,20);(H,6,7). The van der Waals surface area contributed by atoms with Crippen molar-refractivity contribution in [1.29, 1.82) is 0 Å². The lowest BCUT2D eigenvalue weighted by Crippen LogP contribution is -2.25. The van der Waals surface area contributed by atoms with Gasteiger partial charge in [0.15, 0.2) is 0 Å². The van der Waals surface area contributed by atoms with Crippen LogP contribution in [0.4, 0.5) is 13.2 Å². The number of hydrogen-bond donors (Lipinski definition) is 4. The van der Waals surface area contributed by atoms with Crippen LogP contribution in [0.2, 0.25) is 0 Å². The van der Waals surface area contributed by atoms with Crippen LogP contribution < -0.4 is 16.4 Å². The summed E-state index contributed by atoms with van der Waals surface area (Å²) in [6, 6.07) is 10.2. The first-order chi connectivity index (χ1) is 13.2. The summed E-state index contributed by atoms with van der Waals surface area (Å²) < 4.78 is 31.7. The highest BCUT2D eigenvalue weighted by Gasteiger charge is 2.38. The number of nitrogens with two attached hydrogens (primary N) is 1. The van der Waals surface area contributed by atoms with E-state index in [4.69, 9.17) is 15.6 Å². The van der Waals surface area contributed by atoms with Gasteiger partial charge in [0.25, 0.3) is 5.91 Å². The molecule has 0 aliphatic carbocycles. The molecule has 1 aromatic carbocycles. The Morgan fingerprint density at radius 3 is 2.54 bits per heavy atom. The number of fused-ring (bicyclic) bond motifs is 1. The van der Waals surface area contributed by atoms with E-state index in [-0.39, 0.29) is 5.91 Å². The van der Waals surface area contributed by atoms with Gasteiger partial charge in [-0.3, -0.25) is 4.79 Å². The van der Waals surface area contributed by atoms with Crippen LogP contribution >= 0.6 is 11.3 Å². The fourth-order valence-corrected chi connectivity index (χ4v) is 3.32. The summed E-state index contributed by atoms with van der Waals surface area (Å²) >= 11 is 1.45. The number of hydrogen-bond acceptors (Lipinski definition) is 5. The summed E-state index contributed by atoms with van der Waals surface area (Å²) in [6.07, 6.45) is -4.03. The Balaban J connectivity index is 0.000000345. The molecule has 0 atom stereocenters. The monoisotopic (exact) mass is 415 g/mol. The fraction of sp³-hybridized carbons (Fsp3) is 0.333. The van der Waals surface area contributed by atoms with E-state index < -0.39 is 12.1 Å². The van der Waals surface area contributed by atoms with Gasteiger partial charge in [-0.15, -0.1) is 11.3 Å². The lowest BCUT2D eigenvalue weighted by molar-refractivity contribution is -0.192. The number of carbonyl (C=O) groups excluding carboxylic acids is 1. The summed E-state index contributed by atoms with van der Waals surface area (Å²) in [5.41, 5.74) is 9.47. The molecule has 1 aliphatic heterocycles. The van der Waals surface area contributed by atoms with E-state index in [1.54, 1.807) is 0 Å². The molecule has 0 spiro atoms. The maximum atomic E-state index is 12.1. The molecule has 0 saturated carbocycles. The molecule has 28 heavy (non-hydrogen) atoms. The zero-order valence-electron chi connectivity index (χ0n) is 14.8. The first-order valence-corrected chi connectivity index (χ1v) is 9.21. The van der Waals surface area contributed by atoms with Crippen LogP contribution in [0, 0.1) is 0 Å². The maximum Gasteiger partial charge on any atom is 0.490 e. The predicted molar refractivity (Wildman–Crippen MR) is 98.9 cm³/mol. The molecule has 0 saturated heterocycles. The highest BCUT2D eigenvalue weighted by atomic mass is 32.1. The second-order valence-corrected chi connectivity index (χ2v) is 7.15. The van der Waals surface area contributed by atoms with Crippen LogP contribution in [0.3, 0.4) is 0 Å². The molecule has 152 valence electrons. The number of carbonyl (C=O) groups is 2. The third-order valence-corrected chi connectivity index (χ3v) is 5.05. The van der Waals surface area contributed by atoms with E-state index >= 15 is 0 Å². The van der Waals surface area contributed by atoms with Crippen LogP contribution in [-0.2, 0) is 30.8 Å². The third kappa shape index (κ3) is 6.32. The minimum atomic E-state index is -5.08. The summed E-state index contributed by atoms with van der Waals surface area (Å²) in [5.74, 6) is -2.79. The van der Waals surface area contributed by atoms with Crippen molar-refractivity contribution in [3.05, 3.63) is 56.8 Å². The van der Waals surface area contributed by atoms with Crippen molar-refractivity contribution < 1.29 is 27.9 Å². The largest absolute Gasteiger partial charge is 0.490 e. The summed E-state index contributed by atoms with van der Waals surface area (Å²) in [4.78, 5) is 22.7. The topological polar surface area (TPSA) is 104 Å². The first-order valence-electron chi connectivity index (χ1n) is 8.39. The molecule has 0 fully saturated rings. The number of carboxylic acids is 1. The van der Waals surface area contributed by atoms with Gasteiger partial charge in [-0.25, -0.2) is 4.79 Å². The number of rotatable bonds is 4. The van der Waals surface area contributed by atoms with E-state index in [0.717, 1.165) is 34.8 Å². The average Bonchev–Trinajstić information content (AvgIpc) is 3.15. The molecule has 2 aromatic rings.